The molecule has 0 aliphatic carbocycles. The topological polar surface area (TPSA) is 149 Å². The van der Waals surface area contributed by atoms with Crippen molar-refractivity contribution in [3.05, 3.63) is 40.0 Å². The third-order valence-corrected chi connectivity index (χ3v) is 7.16. The van der Waals surface area contributed by atoms with E-state index in [2.05, 4.69) is 10.1 Å². The maximum Gasteiger partial charge on any atom is 0.312 e. The van der Waals surface area contributed by atoms with Gasteiger partial charge in [0.1, 0.15) is 0 Å². The van der Waals surface area contributed by atoms with Gasteiger partial charge in [0.15, 0.2) is 11.6 Å². The lowest BCUT2D eigenvalue weighted by Crippen LogP contribution is -2.50. The van der Waals surface area contributed by atoms with Gasteiger partial charge in [-0.25, -0.2) is 8.42 Å². The Balaban J connectivity index is 1.59. The number of hydrogen-bond acceptors (Lipinski definition) is 9. The van der Waals surface area contributed by atoms with Crippen molar-refractivity contribution < 1.29 is 27.4 Å². The van der Waals surface area contributed by atoms with Gasteiger partial charge in [0, 0.05) is 50.5 Å². The average Bonchev–Trinajstić information content (AvgIpc) is 3.26. The Morgan fingerprint density at radius 3 is 2.45 bits per heavy atom. The first-order valence-electron chi connectivity index (χ1n) is 10.4. The zero-order valence-corrected chi connectivity index (χ0v) is 19.8. The molecule has 2 aromatic rings. The van der Waals surface area contributed by atoms with Crippen molar-refractivity contribution in [1.82, 2.24) is 19.3 Å². The minimum Gasteiger partial charge on any atom is -0.490 e. The summed E-state index contributed by atoms with van der Waals surface area (Å²) in [5.74, 6) is 0.797. The second-order valence-electron chi connectivity index (χ2n) is 8.64. The number of aryl methyl sites for hydroxylation is 1. The third kappa shape index (κ3) is 5.47. The number of piperazine rings is 1. The molecule has 1 amide bonds. The van der Waals surface area contributed by atoms with E-state index in [1.165, 1.54) is 23.5 Å². The number of hydrogen-bond donors (Lipinski definition) is 0. The highest BCUT2D eigenvalue weighted by atomic mass is 32.2. The molecule has 0 saturated carbocycles. The number of benzene rings is 1. The Morgan fingerprint density at radius 2 is 1.91 bits per heavy atom. The number of aromatic nitrogens is 2. The third-order valence-electron chi connectivity index (χ3n) is 5.27. The van der Waals surface area contributed by atoms with Crippen LogP contribution in [0.5, 0.6) is 5.75 Å². The lowest BCUT2D eigenvalue weighted by Gasteiger charge is -2.34. The molecule has 13 heteroatoms. The van der Waals surface area contributed by atoms with Crippen LogP contribution in [0.3, 0.4) is 0 Å². The molecule has 2 heterocycles. The Bertz CT molecular complexity index is 1130. The lowest BCUT2D eigenvalue weighted by atomic mass is 9.96. The molecule has 0 radical (unpaired) electrons. The van der Waals surface area contributed by atoms with Crippen LogP contribution in [0.25, 0.3) is 0 Å². The van der Waals surface area contributed by atoms with E-state index in [9.17, 15) is 23.3 Å². The van der Waals surface area contributed by atoms with Gasteiger partial charge in [-0.1, -0.05) is 25.9 Å². The number of nitro groups is 1. The first kappa shape index (κ1) is 24.6. The minimum absolute atomic E-state index is 0.0229. The number of sulfonamides is 1. The van der Waals surface area contributed by atoms with Crippen molar-refractivity contribution in [3.8, 4) is 5.75 Å². The summed E-state index contributed by atoms with van der Waals surface area (Å²) in [4.78, 5) is 28.8. The maximum absolute atomic E-state index is 13.0. The van der Waals surface area contributed by atoms with E-state index in [1.807, 2.05) is 20.8 Å². The van der Waals surface area contributed by atoms with E-state index < -0.39 is 20.6 Å². The number of nitro benzene ring substituents is 1. The zero-order chi connectivity index (χ0) is 24.4. The van der Waals surface area contributed by atoms with E-state index in [-0.39, 0.29) is 54.6 Å². The fourth-order valence-electron chi connectivity index (χ4n) is 3.33. The van der Waals surface area contributed by atoms with Crippen molar-refractivity contribution in [2.45, 2.75) is 43.9 Å². The second kappa shape index (κ2) is 9.43. The molecule has 0 N–H and O–H groups in total. The summed E-state index contributed by atoms with van der Waals surface area (Å²) in [6, 6.07) is 3.52. The van der Waals surface area contributed by atoms with Gasteiger partial charge in [-0.3, -0.25) is 14.9 Å². The van der Waals surface area contributed by atoms with Gasteiger partial charge >= 0.3 is 5.69 Å². The van der Waals surface area contributed by atoms with Crippen molar-refractivity contribution >= 4 is 21.6 Å². The summed E-state index contributed by atoms with van der Waals surface area (Å²) in [7, 11) is -2.68. The molecule has 0 spiro atoms. The molecule has 1 aliphatic heterocycles. The molecule has 3 rings (SSSR count). The highest BCUT2D eigenvalue weighted by molar-refractivity contribution is 7.89. The molecule has 12 nitrogen and oxygen atoms in total. The van der Waals surface area contributed by atoms with Gasteiger partial charge < -0.3 is 14.2 Å². The summed E-state index contributed by atoms with van der Waals surface area (Å²) in [5, 5.41) is 15.2. The van der Waals surface area contributed by atoms with E-state index in [1.54, 1.807) is 4.90 Å². The Labute approximate surface area is 191 Å². The SMILES string of the molecule is COc1ccc(S(=O)(=O)N2CCN(C(=O)CCc3nc(C(C)(C)C)no3)CC2)cc1[N+](=O)[O-]. The summed E-state index contributed by atoms with van der Waals surface area (Å²) in [5.41, 5.74) is -0.680. The molecule has 1 aromatic carbocycles. The molecule has 0 unspecified atom stereocenters. The summed E-state index contributed by atoms with van der Waals surface area (Å²) >= 11 is 0. The van der Waals surface area contributed by atoms with Crippen LogP contribution in [0.1, 0.15) is 38.9 Å². The molecule has 1 saturated heterocycles. The summed E-state index contributed by atoms with van der Waals surface area (Å²) < 4.78 is 37.3. The molecular weight excluding hydrogens is 454 g/mol. The highest BCUT2D eigenvalue weighted by Crippen LogP contribution is 2.30. The van der Waals surface area contributed by atoms with Crippen LogP contribution < -0.4 is 4.74 Å². The predicted molar refractivity (Wildman–Crippen MR) is 116 cm³/mol. The first-order valence-corrected chi connectivity index (χ1v) is 11.8. The molecule has 180 valence electrons. The van der Waals surface area contributed by atoms with Crippen molar-refractivity contribution in [1.29, 1.82) is 0 Å². The Hall–Kier alpha value is -3.06. The van der Waals surface area contributed by atoms with Crippen LogP contribution in [-0.2, 0) is 26.7 Å². The number of nitrogens with zero attached hydrogens (tertiary/aromatic N) is 5. The quantitative estimate of drug-likeness (QED) is 0.426. The molecule has 1 fully saturated rings. The number of carbonyl (C=O) groups excluding carboxylic acids is 1. The van der Waals surface area contributed by atoms with E-state index in [0.717, 1.165) is 6.07 Å². The van der Waals surface area contributed by atoms with E-state index in [0.29, 0.717) is 18.1 Å². The van der Waals surface area contributed by atoms with Crippen LogP contribution in [0.2, 0.25) is 0 Å². The highest BCUT2D eigenvalue weighted by Gasteiger charge is 2.32. The van der Waals surface area contributed by atoms with Crippen molar-refractivity contribution in [2.75, 3.05) is 33.3 Å². The normalized spacial score (nSPS) is 15.5. The fraction of sp³-hybridized carbons (Fsp3) is 0.550. The largest absolute Gasteiger partial charge is 0.490 e. The van der Waals surface area contributed by atoms with Crippen LogP contribution in [0, 0.1) is 10.1 Å². The van der Waals surface area contributed by atoms with Gasteiger partial charge in [0.25, 0.3) is 0 Å². The fourth-order valence-corrected chi connectivity index (χ4v) is 4.78. The molecular formula is C20H27N5O7S. The van der Waals surface area contributed by atoms with Gasteiger partial charge in [-0.2, -0.15) is 9.29 Å². The van der Waals surface area contributed by atoms with Gasteiger partial charge in [-0.15, -0.1) is 0 Å². The maximum atomic E-state index is 13.0. The minimum atomic E-state index is -3.96. The first-order chi connectivity index (χ1) is 15.4. The number of amides is 1. The number of rotatable bonds is 7. The predicted octanol–water partition coefficient (Wildman–Crippen LogP) is 1.75. The van der Waals surface area contributed by atoms with Crippen molar-refractivity contribution in [2.24, 2.45) is 0 Å². The monoisotopic (exact) mass is 481 g/mol. The zero-order valence-electron chi connectivity index (χ0n) is 19.0. The smallest absolute Gasteiger partial charge is 0.312 e. The lowest BCUT2D eigenvalue weighted by molar-refractivity contribution is -0.386. The Kier molecular flexibility index (Phi) is 7.03. The number of ether oxygens (including phenoxy) is 1. The van der Waals surface area contributed by atoms with E-state index in [4.69, 9.17) is 9.26 Å². The Morgan fingerprint density at radius 1 is 1.24 bits per heavy atom. The average molecular weight is 482 g/mol. The summed E-state index contributed by atoms with van der Waals surface area (Å²) in [6.07, 6.45) is 0.471. The summed E-state index contributed by atoms with van der Waals surface area (Å²) in [6.45, 7) is 6.49. The van der Waals surface area contributed by atoms with Crippen molar-refractivity contribution in [3.63, 3.8) is 0 Å². The molecule has 0 atom stereocenters. The standard InChI is InChI=1S/C20H27N5O7S/c1-20(2,3)19-21-17(32-22-19)7-8-18(26)23-9-11-24(12-10-23)33(29,30)14-5-6-16(31-4)15(13-14)25(27)28/h5-6,13H,7-12H2,1-4H3. The number of carbonyl (C=O) groups is 1. The van der Waals surface area contributed by atoms with Gasteiger partial charge in [0.05, 0.1) is 16.9 Å². The molecule has 0 bridgehead atoms. The van der Waals surface area contributed by atoms with E-state index >= 15 is 0 Å². The van der Waals surface area contributed by atoms with Gasteiger partial charge in [0.2, 0.25) is 21.8 Å². The molecule has 1 aromatic heterocycles. The molecule has 1 aliphatic rings. The van der Waals surface area contributed by atoms with Crippen LogP contribution in [0.15, 0.2) is 27.6 Å². The van der Waals surface area contributed by atoms with Gasteiger partial charge in [-0.05, 0) is 12.1 Å². The van der Waals surface area contributed by atoms with Crippen LogP contribution in [0.4, 0.5) is 5.69 Å². The second-order valence-corrected chi connectivity index (χ2v) is 10.6. The molecule has 33 heavy (non-hydrogen) atoms. The number of methoxy groups -OCH3 is 1. The van der Waals surface area contributed by atoms with Crippen LogP contribution >= 0.6 is 0 Å². The van der Waals surface area contributed by atoms with Crippen LogP contribution in [-0.4, -0.2) is 71.9 Å².